The summed E-state index contributed by atoms with van der Waals surface area (Å²) in [6, 6.07) is 92.4. The molecule has 0 saturated carbocycles. The molecule has 0 atom stereocenters. The molecule has 768 valence electrons. The first kappa shape index (κ1) is 112. The summed E-state index contributed by atoms with van der Waals surface area (Å²) in [6.07, 6.45) is 5.76. The molecule has 6 heterocycles. The minimum absolute atomic E-state index is 0. The van der Waals surface area contributed by atoms with Gasteiger partial charge >= 0.3 is 0 Å². The van der Waals surface area contributed by atoms with Crippen molar-refractivity contribution < 1.29 is 91.8 Å². The molecule has 0 bridgehead atoms. The molecule has 0 aliphatic rings. The van der Waals surface area contributed by atoms with Crippen molar-refractivity contribution >= 4 is 33.3 Å². The first-order valence-corrected chi connectivity index (χ1v) is 51.1. The number of aromatic nitrogens is 6. The third kappa shape index (κ3) is 24.8. The topological polar surface area (TPSA) is 177 Å². The monoisotopic (exact) mass is 2490 g/mol. The normalized spacial score (nSPS) is 12.2. The second kappa shape index (κ2) is 44.4. The molecular weight excluding hydrogens is 2350 g/mol. The molecule has 12 aromatic carbocycles. The van der Waals surface area contributed by atoms with E-state index in [1.807, 2.05) is 79.3 Å². The van der Waals surface area contributed by atoms with Crippen LogP contribution in [0.4, 0.5) is 0 Å². The van der Waals surface area contributed by atoms with E-state index >= 15 is 0 Å². The van der Waals surface area contributed by atoms with Crippen molar-refractivity contribution in [1.29, 1.82) is 0 Å². The fraction of sp³-hybridized carbons (Fsp3) is 0.318. The first-order chi connectivity index (χ1) is 67.8. The summed E-state index contributed by atoms with van der Waals surface area (Å²) in [7, 11) is 0. The van der Waals surface area contributed by atoms with Crippen LogP contribution in [-0.2, 0) is 95.7 Å². The third-order valence-corrected chi connectivity index (χ3v) is 27.6. The van der Waals surface area contributed by atoms with Crippen molar-refractivity contribution in [2.24, 2.45) is 0 Å². The van der Waals surface area contributed by atoms with Crippen LogP contribution in [0.1, 0.15) is 310 Å². The van der Waals surface area contributed by atoms with E-state index in [2.05, 4.69) is 365 Å². The number of para-hydroxylation sites is 5. The van der Waals surface area contributed by atoms with Gasteiger partial charge in [0, 0.05) is 98.9 Å². The second-order valence-electron chi connectivity index (χ2n) is 47.1. The van der Waals surface area contributed by atoms with Crippen LogP contribution in [-0.4, -0.2) is 45.2 Å². The molecule has 0 fully saturated rings. The number of hydrogen-bond acceptors (Lipinski definition) is 12. The van der Waals surface area contributed by atoms with Gasteiger partial charge in [-0.2, -0.15) is 0 Å². The Morgan fingerprint density at radius 1 is 0.238 bits per heavy atom. The predicted octanol–water partition coefficient (Wildman–Crippen LogP) is 36.7. The van der Waals surface area contributed by atoms with E-state index in [1.165, 1.54) is 77.9 Å². The average molecular weight is 2490 g/mol. The molecule has 3 N–H and O–H groups in total. The Morgan fingerprint density at radius 3 is 0.864 bits per heavy atom. The summed E-state index contributed by atoms with van der Waals surface area (Å²) in [5.41, 5.74) is 38.3. The second-order valence-corrected chi connectivity index (χ2v) is 47.1. The van der Waals surface area contributed by atoms with Gasteiger partial charge in [0.15, 0.2) is 0 Å². The summed E-state index contributed by atoms with van der Waals surface area (Å²) >= 11 is 0. The maximum atomic E-state index is 10.8. The number of phenols is 3. The van der Waals surface area contributed by atoms with E-state index < -0.39 is 0 Å². The number of hydrogen-bond donors (Lipinski definition) is 3. The largest absolute Gasteiger partial charge is 0.507 e. The van der Waals surface area contributed by atoms with Gasteiger partial charge < -0.3 is 28.6 Å². The molecule has 0 aliphatic carbocycles. The Morgan fingerprint density at radius 2 is 0.524 bits per heavy atom. The first-order valence-electron chi connectivity index (χ1n) is 51.1. The third-order valence-electron chi connectivity index (χ3n) is 27.6. The molecule has 147 heavy (non-hydrogen) atoms. The van der Waals surface area contributed by atoms with Gasteiger partial charge in [0.1, 0.15) is 34.0 Å². The number of oxazole rings is 3. The Hall–Kier alpha value is -12.0. The van der Waals surface area contributed by atoms with Crippen LogP contribution in [0.5, 0.6) is 17.2 Å². The van der Waals surface area contributed by atoms with Gasteiger partial charge in [-0.3, -0.25) is 15.0 Å². The molecule has 0 radical (unpaired) electrons. The molecule has 0 spiro atoms. The van der Waals surface area contributed by atoms with Gasteiger partial charge in [0.05, 0.1) is 33.2 Å². The number of phenolic OH excluding ortho intramolecular Hbond substituents is 3. The van der Waals surface area contributed by atoms with Gasteiger partial charge in [-0.25, -0.2) is 15.0 Å². The van der Waals surface area contributed by atoms with Crippen LogP contribution in [0, 0.1) is 18.2 Å². The van der Waals surface area contributed by atoms with E-state index in [4.69, 9.17) is 43.2 Å². The van der Waals surface area contributed by atoms with E-state index in [0.29, 0.717) is 86.6 Å². The molecule has 0 unspecified atom stereocenters. The molecule has 18 rings (SSSR count). The SMILES string of the molecule is CC(C)c1cc(-c2ccnc(-c3[c-]c(-c4cc(C(C)(C)C)cc5oc(-c6ccccc6O)nc45)c(C(C)(C)C)cc3C(C)(C)C)c2)cc(C(C)C)c1.CC(C)c1cc(-c2ccnc(-c3[c-]c(-c4cccc5oc(-c6ccccc6O)nc45)c(C(C)(C)C)cc3C(C)(C)C)c2)cc(C(C)C)c1.CC(C)c1cc(-c2ccnc(-c3[c-]c(-c4cccc5oc(-c6ccccc6O)nc45)cc(C(C)(C)C)c3)c2)cc(C(C)C)c1.[Pt].[Pt].[Pt]. The molecule has 0 saturated heterocycles. The Kier molecular flexibility index (Phi) is 33.9. The number of benzene rings is 12. The fourth-order valence-corrected chi connectivity index (χ4v) is 18.6. The minimum atomic E-state index is -0.210. The van der Waals surface area contributed by atoms with Gasteiger partial charge in [-0.15, -0.1) is 87.0 Å². The zero-order valence-electron chi connectivity index (χ0n) is 90.9. The van der Waals surface area contributed by atoms with Crippen molar-refractivity contribution in [2.45, 2.75) is 276 Å². The summed E-state index contributed by atoms with van der Waals surface area (Å²) < 4.78 is 18.8. The van der Waals surface area contributed by atoms with Crippen molar-refractivity contribution in [3.8, 4) is 152 Å². The fourth-order valence-electron chi connectivity index (χ4n) is 18.6. The quantitative estimate of drug-likeness (QED) is 0.0694. The van der Waals surface area contributed by atoms with Crippen LogP contribution in [0.2, 0.25) is 0 Å². The maximum absolute atomic E-state index is 10.8. The van der Waals surface area contributed by atoms with Crippen LogP contribution in [0.3, 0.4) is 0 Å². The molecule has 0 aliphatic heterocycles. The Bertz CT molecular complexity index is 7760. The van der Waals surface area contributed by atoms with Crippen LogP contribution in [0.25, 0.3) is 168 Å². The van der Waals surface area contributed by atoms with Crippen molar-refractivity contribution in [2.75, 3.05) is 0 Å². The molecular formula is C132H141N6O6Pt3-3. The van der Waals surface area contributed by atoms with Crippen molar-refractivity contribution in [3.63, 3.8) is 0 Å². The van der Waals surface area contributed by atoms with E-state index in [-0.39, 0.29) is 113 Å². The smallest absolute Gasteiger partial charge is 0.230 e. The molecule has 15 heteroatoms. The Balaban J connectivity index is 0.000000183. The molecule has 0 amide bonds. The van der Waals surface area contributed by atoms with Crippen molar-refractivity contribution in [3.05, 3.63) is 340 Å². The number of rotatable bonds is 18. The number of fused-ring (bicyclic) bond motifs is 3. The van der Waals surface area contributed by atoms with E-state index in [9.17, 15) is 15.3 Å². The maximum Gasteiger partial charge on any atom is 0.230 e. The van der Waals surface area contributed by atoms with Gasteiger partial charge in [-0.05, 0) is 213 Å². The van der Waals surface area contributed by atoms with Crippen molar-refractivity contribution in [1.82, 2.24) is 29.9 Å². The standard InChI is InChI=1S/C48H55N2O2.C44H47N2O2.C40H39N2O2.3Pt/c1-28(2)31-20-32(29(3)4)22-33(21-31)30-18-19-49-41(23-30)38-26-36(39(47(8,9)10)27-40(38)48(11,12)13)37-24-34(46(5,6)7)25-43-44(37)50-45(52-43)35-16-14-15-17-42(35)51;1-26(2)29-20-30(27(3)4)22-31(21-29)28-18-19-45-38(23-28)35-24-34(36(43(5,6)7)25-37(35)44(8,9)10)32-15-13-17-40-41(32)46-42(48-40)33-14-11-12-16-39(33)47;1-24(2)27-17-28(25(3)4)19-29(18-27)26-15-16-41-35(23-26)31-20-30(21-32(22-31)40(5,6)7)33-12-10-14-37-38(33)42-39(44-37)34-11-8-9-13-36(34)43;;;/h14-25,27-29,51H,1-13H3;11-23,25-27,47H,1-10H3;8-19,21-25,43H,1-7H3;;;/q3*-1;;;. The zero-order chi connectivity index (χ0) is 104. The minimum Gasteiger partial charge on any atom is -0.507 e. The summed E-state index contributed by atoms with van der Waals surface area (Å²) in [5, 5.41) is 31.8. The van der Waals surface area contributed by atoms with E-state index in [1.54, 1.807) is 36.4 Å². The van der Waals surface area contributed by atoms with Crippen LogP contribution >= 0.6 is 0 Å². The average Bonchev–Trinajstić information content (AvgIpc) is 1.71. The van der Waals surface area contributed by atoms with E-state index in [0.717, 1.165) is 106 Å². The number of nitrogens with zero attached hydrogens (tertiary/aromatic N) is 6. The zero-order valence-corrected chi connectivity index (χ0v) is 97.7. The molecule has 6 aromatic heterocycles. The summed E-state index contributed by atoms with van der Waals surface area (Å²) in [5.74, 6) is 4.17. The molecule has 18 aromatic rings. The Labute approximate surface area is 915 Å². The van der Waals surface area contributed by atoms with Gasteiger partial charge in [0.2, 0.25) is 17.7 Å². The van der Waals surface area contributed by atoms with Crippen LogP contribution < -0.4 is 0 Å². The summed E-state index contributed by atoms with van der Waals surface area (Å²) in [4.78, 5) is 29.7. The van der Waals surface area contributed by atoms with Crippen LogP contribution in [0.15, 0.2) is 268 Å². The van der Waals surface area contributed by atoms with Gasteiger partial charge in [0.25, 0.3) is 0 Å². The number of pyridine rings is 3. The summed E-state index contributed by atoms with van der Waals surface area (Å²) in [6.45, 7) is 67.5. The molecule has 12 nitrogen and oxygen atoms in total. The predicted molar refractivity (Wildman–Crippen MR) is 599 cm³/mol. The van der Waals surface area contributed by atoms with Gasteiger partial charge in [-0.1, -0.05) is 381 Å². The number of aromatic hydroxyl groups is 3.